The van der Waals surface area contributed by atoms with E-state index in [-0.39, 0.29) is 11.0 Å². The first-order valence-electron chi connectivity index (χ1n) is 15.7. The molecule has 5 heteroatoms. The van der Waals surface area contributed by atoms with Crippen LogP contribution in [-0.2, 0) is 19.0 Å². The zero-order chi connectivity index (χ0) is 26.7. The van der Waals surface area contributed by atoms with Crippen LogP contribution in [0.2, 0.25) is 0 Å². The molecule has 2 heterocycles. The van der Waals surface area contributed by atoms with E-state index in [2.05, 4.69) is 32.6 Å². The fourth-order valence-corrected chi connectivity index (χ4v) is 10.2. The summed E-state index contributed by atoms with van der Waals surface area (Å²) < 4.78 is 18.3. The van der Waals surface area contributed by atoms with Crippen LogP contribution in [0.15, 0.2) is 22.8 Å². The number of hydrogen-bond donors (Lipinski definition) is 0. The molecular weight excluding hydrogens is 474 g/mol. The third kappa shape index (κ3) is 4.48. The van der Waals surface area contributed by atoms with Gasteiger partial charge >= 0.3 is 0 Å². The molecule has 0 aromatic heterocycles. The standard InChI is InChI=1S/C33H51NO4/c1-21-16-30-31(34(20-21)12-13-37-15-14-36-5)23(3)33(38-30)11-9-26-27-7-6-24-17-25(35)8-10-32(24,4)29(27)18-28(26)22(2)19-33/h17,21,23,26-27,29-31H,6-16,18-20H2,1-5H3/t21-,23+,26-,27-,29-,30?,31-,32-,33?/m0/s1. The molecule has 0 aromatic carbocycles. The summed E-state index contributed by atoms with van der Waals surface area (Å²) >= 11 is 0. The van der Waals surface area contributed by atoms with Gasteiger partial charge in [-0.2, -0.15) is 0 Å². The van der Waals surface area contributed by atoms with Gasteiger partial charge in [0.25, 0.3) is 0 Å². The van der Waals surface area contributed by atoms with Gasteiger partial charge in [0.05, 0.1) is 31.5 Å². The van der Waals surface area contributed by atoms with Gasteiger partial charge in [0, 0.05) is 38.6 Å². The molecule has 0 amide bonds. The molecule has 212 valence electrons. The maximum Gasteiger partial charge on any atom is 0.155 e. The van der Waals surface area contributed by atoms with Gasteiger partial charge in [-0.3, -0.25) is 9.69 Å². The van der Waals surface area contributed by atoms with Crippen LogP contribution in [0.3, 0.4) is 0 Å². The van der Waals surface area contributed by atoms with Gasteiger partial charge in [-0.25, -0.2) is 0 Å². The minimum atomic E-state index is -0.0215. The van der Waals surface area contributed by atoms with Crippen LogP contribution in [0.5, 0.6) is 0 Å². The van der Waals surface area contributed by atoms with E-state index in [1.165, 1.54) is 37.7 Å². The third-order valence-corrected chi connectivity index (χ3v) is 12.1. The monoisotopic (exact) mass is 525 g/mol. The maximum absolute atomic E-state index is 12.2. The Morgan fingerprint density at radius 2 is 1.97 bits per heavy atom. The summed E-state index contributed by atoms with van der Waals surface area (Å²) in [5.74, 6) is 3.78. The highest BCUT2D eigenvalue weighted by Crippen LogP contribution is 2.64. The molecule has 2 unspecified atom stereocenters. The summed E-state index contributed by atoms with van der Waals surface area (Å²) in [5, 5.41) is 0. The van der Waals surface area contributed by atoms with Crippen molar-refractivity contribution in [2.24, 2.45) is 35.0 Å². The zero-order valence-electron chi connectivity index (χ0n) is 24.6. The number of piperidine rings is 1. The number of likely N-dealkylation sites (tertiary alicyclic amines) is 1. The first-order valence-corrected chi connectivity index (χ1v) is 15.7. The molecule has 2 aliphatic heterocycles. The number of ketones is 1. The topological polar surface area (TPSA) is 48.0 Å². The van der Waals surface area contributed by atoms with Crippen LogP contribution < -0.4 is 0 Å². The van der Waals surface area contributed by atoms with Crippen LogP contribution in [0, 0.1) is 35.0 Å². The SMILES string of the molecule is COCCOCCN1C[C@@H](C)CC2OC3(CC[C@@H]4C(=C(C)C3)C[C@H]3[C@H]4CCC4=CC(=O)CC[C@@]43C)[C@H](C)[C@@H]21. The Bertz CT molecular complexity index is 987. The van der Waals surface area contributed by atoms with Crippen molar-refractivity contribution in [3.8, 4) is 0 Å². The number of fused-ring (bicyclic) bond motifs is 6. The molecule has 0 N–H and O–H groups in total. The quantitative estimate of drug-likeness (QED) is 0.316. The van der Waals surface area contributed by atoms with Crippen LogP contribution in [-0.4, -0.2) is 68.4 Å². The Balaban J connectivity index is 1.21. The molecule has 6 rings (SSSR count). The molecule has 1 spiro atoms. The molecule has 0 radical (unpaired) electrons. The zero-order valence-corrected chi connectivity index (χ0v) is 24.6. The summed E-state index contributed by atoms with van der Waals surface area (Å²) in [4.78, 5) is 14.9. The second kappa shape index (κ2) is 10.4. The Hall–Kier alpha value is -1.01. The summed E-state index contributed by atoms with van der Waals surface area (Å²) in [6.07, 6.45) is 12.6. The minimum absolute atomic E-state index is 0.0215. The van der Waals surface area contributed by atoms with Gasteiger partial charge in [0.2, 0.25) is 0 Å². The predicted molar refractivity (Wildman–Crippen MR) is 150 cm³/mol. The molecule has 0 aromatic rings. The first kappa shape index (κ1) is 27.2. The van der Waals surface area contributed by atoms with E-state index in [4.69, 9.17) is 14.2 Å². The number of carbonyl (C=O) groups excluding carboxylic acids is 1. The van der Waals surface area contributed by atoms with Crippen LogP contribution in [0.25, 0.3) is 0 Å². The van der Waals surface area contributed by atoms with Crippen molar-refractivity contribution < 1.29 is 19.0 Å². The molecule has 0 bridgehead atoms. The lowest BCUT2D eigenvalue weighted by Gasteiger charge is -2.48. The number of ether oxygens (including phenoxy) is 3. The number of nitrogens with zero attached hydrogens (tertiary/aromatic N) is 1. The largest absolute Gasteiger partial charge is 0.382 e. The summed E-state index contributed by atoms with van der Waals surface area (Å²) in [7, 11) is 1.73. The van der Waals surface area contributed by atoms with E-state index in [1.807, 2.05) is 6.08 Å². The number of rotatable bonds is 6. The van der Waals surface area contributed by atoms with Crippen molar-refractivity contribution in [2.75, 3.05) is 40.0 Å². The lowest BCUT2D eigenvalue weighted by Crippen LogP contribution is -2.52. The van der Waals surface area contributed by atoms with Gasteiger partial charge in [-0.1, -0.05) is 37.5 Å². The molecule has 5 nitrogen and oxygen atoms in total. The van der Waals surface area contributed by atoms with Crippen molar-refractivity contribution >= 4 is 5.78 Å². The van der Waals surface area contributed by atoms with Crippen LogP contribution in [0.1, 0.15) is 85.5 Å². The Labute approximate surface area is 230 Å². The Morgan fingerprint density at radius 3 is 2.79 bits per heavy atom. The molecule has 4 fully saturated rings. The number of hydrogen-bond acceptors (Lipinski definition) is 5. The highest BCUT2D eigenvalue weighted by molar-refractivity contribution is 5.91. The second-order valence-corrected chi connectivity index (χ2v) is 14.1. The molecule has 4 aliphatic carbocycles. The average molecular weight is 526 g/mol. The van der Waals surface area contributed by atoms with Gasteiger partial charge in [-0.15, -0.1) is 0 Å². The molecule has 2 saturated carbocycles. The van der Waals surface area contributed by atoms with Gasteiger partial charge < -0.3 is 14.2 Å². The normalized spacial score (nSPS) is 44.9. The van der Waals surface area contributed by atoms with Gasteiger partial charge in [0.1, 0.15) is 0 Å². The second-order valence-electron chi connectivity index (χ2n) is 14.1. The van der Waals surface area contributed by atoms with Crippen molar-refractivity contribution in [1.82, 2.24) is 4.90 Å². The fourth-order valence-electron chi connectivity index (χ4n) is 10.2. The number of methoxy groups -OCH3 is 1. The van der Waals surface area contributed by atoms with E-state index in [1.54, 1.807) is 18.3 Å². The third-order valence-electron chi connectivity index (χ3n) is 12.1. The van der Waals surface area contributed by atoms with Gasteiger partial charge in [0.15, 0.2) is 5.78 Å². The molecular formula is C33H51NO4. The predicted octanol–water partition coefficient (Wildman–Crippen LogP) is 5.98. The Morgan fingerprint density at radius 1 is 1.13 bits per heavy atom. The summed E-state index contributed by atoms with van der Waals surface area (Å²) in [5.41, 5.74) is 5.10. The first-order chi connectivity index (χ1) is 18.3. The van der Waals surface area contributed by atoms with E-state index < -0.39 is 0 Å². The molecule has 2 saturated heterocycles. The summed E-state index contributed by atoms with van der Waals surface area (Å²) in [6.45, 7) is 14.1. The highest BCUT2D eigenvalue weighted by atomic mass is 16.5. The summed E-state index contributed by atoms with van der Waals surface area (Å²) in [6, 6.07) is 0.502. The highest BCUT2D eigenvalue weighted by Gasteiger charge is 2.59. The Kier molecular flexibility index (Phi) is 7.46. The van der Waals surface area contributed by atoms with E-state index in [0.29, 0.717) is 43.0 Å². The van der Waals surface area contributed by atoms with Crippen LogP contribution >= 0.6 is 0 Å². The minimum Gasteiger partial charge on any atom is -0.382 e. The van der Waals surface area contributed by atoms with E-state index in [0.717, 1.165) is 63.1 Å². The maximum atomic E-state index is 12.2. The van der Waals surface area contributed by atoms with Gasteiger partial charge in [-0.05, 0) is 93.5 Å². The lowest BCUT2D eigenvalue weighted by molar-refractivity contribution is -0.116. The fraction of sp³-hybridized carbons (Fsp3) is 0.848. The van der Waals surface area contributed by atoms with Crippen molar-refractivity contribution in [3.05, 3.63) is 22.8 Å². The van der Waals surface area contributed by atoms with Crippen LogP contribution in [0.4, 0.5) is 0 Å². The lowest BCUT2D eigenvalue weighted by atomic mass is 9.56. The van der Waals surface area contributed by atoms with Crippen molar-refractivity contribution in [3.63, 3.8) is 0 Å². The van der Waals surface area contributed by atoms with Crippen molar-refractivity contribution in [1.29, 1.82) is 0 Å². The number of carbonyl (C=O) groups is 1. The smallest absolute Gasteiger partial charge is 0.155 e. The van der Waals surface area contributed by atoms with Crippen molar-refractivity contribution in [2.45, 2.75) is 103 Å². The number of allylic oxidation sites excluding steroid dienone is 3. The van der Waals surface area contributed by atoms with E-state index >= 15 is 0 Å². The van der Waals surface area contributed by atoms with E-state index in [9.17, 15) is 4.79 Å². The average Bonchev–Trinajstić information content (AvgIpc) is 3.34. The molecule has 38 heavy (non-hydrogen) atoms. The molecule has 6 aliphatic rings. The molecule has 9 atom stereocenters.